The summed E-state index contributed by atoms with van der Waals surface area (Å²) in [5.74, 6) is 0.343. The fraction of sp³-hybridized carbons (Fsp3) is 0.0909. The predicted molar refractivity (Wildman–Crippen MR) is 59.8 cm³/mol. The summed E-state index contributed by atoms with van der Waals surface area (Å²) in [6, 6.07) is 9.37. The largest absolute Gasteiger partial charge is 0.508 e. The summed E-state index contributed by atoms with van der Waals surface area (Å²) < 4.78 is 0. The molecule has 2 N–H and O–H groups in total. The molecule has 0 aliphatic heterocycles. The molecule has 0 saturated carbocycles. The van der Waals surface area contributed by atoms with Gasteiger partial charge in [0.25, 0.3) is 0 Å². The number of hydrogen-bond acceptors (Lipinski definition) is 3. The molecule has 14 heavy (non-hydrogen) atoms. The zero-order chi connectivity index (χ0) is 9.80. The van der Waals surface area contributed by atoms with Crippen LogP contribution in [0.1, 0.15) is 5.56 Å². The number of phenolic OH excluding ortho intramolecular Hbond substituents is 1. The minimum atomic E-state index is 0.343. The maximum Gasteiger partial charge on any atom is 0.120 e. The molecule has 0 amide bonds. The van der Waals surface area contributed by atoms with Crippen molar-refractivity contribution in [2.24, 2.45) is 0 Å². The van der Waals surface area contributed by atoms with E-state index in [1.165, 1.54) is 0 Å². The van der Waals surface area contributed by atoms with Crippen LogP contribution in [0.3, 0.4) is 0 Å². The van der Waals surface area contributed by atoms with Crippen molar-refractivity contribution in [1.29, 1.82) is 0 Å². The first-order chi connectivity index (χ1) is 6.86. The molecule has 1 heterocycles. The van der Waals surface area contributed by atoms with Gasteiger partial charge in [0.15, 0.2) is 0 Å². The Hall–Kier alpha value is -1.48. The highest BCUT2D eigenvalue weighted by Crippen LogP contribution is 2.18. The lowest BCUT2D eigenvalue weighted by atomic mass is 10.2. The lowest BCUT2D eigenvalue weighted by Crippen LogP contribution is -1.97. The summed E-state index contributed by atoms with van der Waals surface area (Å²) in [7, 11) is 0. The molecule has 0 fully saturated rings. The van der Waals surface area contributed by atoms with E-state index in [-0.39, 0.29) is 0 Å². The molecule has 0 atom stereocenters. The van der Waals surface area contributed by atoms with Gasteiger partial charge in [-0.1, -0.05) is 18.2 Å². The SMILES string of the molecule is Oc1ccccc1CNc1ccsc1. The first-order valence-electron chi connectivity index (χ1n) is 4.39. The molecule has 2 nitrogen and oxygen atoms in total. The van der Waals surface area contributed by atoms with Crippen LogP contribution in [0, 0.1) is 0 Å². The van der Waals surface area contributed by atoms with Crippen molar-refractivity contribution >= 4 is 17.0 Å². The lowest BCUT2D eigenvalue weighted by Gasteiger charge is -2.05. The van der Waals surface area contributed by atoms with Crippen LogP contribution in [-0.4, -0.2) is 5.11 Å². The van der Waals surface area contributed by atoms with E-state index in [4.69, 9.17) is 0 Å². The molecule has 1 aromatic carbocycles. The van der Waals surface area contributed by atoms with E-state index in [0.29, 0.717) is 12.3 Å². The number of hydrogen-bond donors (Lipinski definition) is 2. The second kappa shape index (κ2) is 4.15. The zero-order valence-electron chi connectivity index (χ0n) is 7.60. The van der Waals surface area contributed by atoms with E-state index >= 15 is 0 Å². The molecule has 2 rings (SSSR count). The van der Waals surface area contributed by atoms with Crippen LogP contribution >= 0.6 is 11.3 Å². The Bertz CT molecular complexity index is 397. The van der Waals surface area contributed by atoms with Crippen molar-refractivity contribution in [3.05, 3.63) is 46.7 Å². The summed E-state index contributed by atoms with van der Waals surface area (Å²) in [6.07, 6.45) is 0. The number of aromatic hydroxyl groups is 1. The Morgan fingerprint density at radius 1 is 1.21 bits per heavy atom. The number of rotatable bonds is 3. The van der Waals surface area contributed by atoms with Crippen LogP contribution < -0.4 is 5.32 Å². The molecule has 0 spiro atoms. The van der Waals surface area contributed by atoms with Crippen molar-refractivity contribution in [2.75, 3.05) is 5.32 Å². The molecule has 2 aromatic rings. The average molecular weight is 205 g/mol. The third-order valence-electron chi connectivity index (χ3n) is 2.00. The standard InChI is InChI=1S/C11H11NOS/c13-11-4-2-1-3-9(11)7-12-10-5-6-14-8-10/h1-6,8,12-13H,7H2. The lowest BCUT2D eigenvalue weighted by molar-refractivity contribution is 0.469. The number of benzene rings is 1. The summed E-state index contributed by atoms with van der Waals surface area (Å²) in [5.41, 5.74) is 2.01. The molecule has 0 unspecified atom stereocenters. The smallest absolute Gasteiger partial charge is 0.120 e. The van der Waals surface area contributed by atoms with E-state index in [2.05, 4.69) is 5.32 Å². The monoisotopic (exact) mass is 205 g/mol. The zero-order valence-corrected chi connectivity index (χ0v) is 8.42. The van der Waals surface area contributed by atoms with Gasteiger partial charge in [0, 0.05) is 23.2 Å². The Morgan fingerprint density at radius 3 is 2.79 bits per heavy atom. The highest BCUT2D eigenvalue weighted by Gasteiger charge is 1.98. The molecule has 0 bridgehead atoms. The normalized spacial score (nSPS) is 10.0. The highest BCUT2D eigenvalue weighted by molar-refractivity contribution is 7.08. The van der Waals surface area contributed by atoms with E-state index in [9.17, 15) is 5.11 Å². The number of para-hydroxylation sites is 1. The van der Waals surface area contributed by atoms with Crippen LogP contribution in [0.2, 0.25) is 0 Å². The van der Waals surface area contributed by atoms with Gasteiger partial charge in [-0.25, -0.2) is 0 Å². The fourth-order valence-corrected chi connectivity index (χ4v) is 1.83. The van der Waals surface area contributed by atoms with Gasteiger partial charge in [-0.05, 0) is 17.5 Å². The van der Waals surface area contributed by atoms with Gasteiger partial charge >= 0.3 is 0 Å². The molecule has 0 aliphatic carbocycles. The third kappa shape index (κ3) is 2.06. The van der Waals surface area contributed by atoms with Gasteiger partial charge in [-0.2, -0.15) is 11.3 Å². The summed E-state index contributed by atoms with van der Waals surface area (Å²) in [6.45, 7) is 0.656. The van der Waals surface area contributed by atoms with Crippen molar-refractivity contribution in [1.82, 2.24) is 0 Å². The number of thiophene rings is 1. The van der Waals surface area contributed by atoms with Gasteiger partial charge < -0.3 is 10.4 Å². The first-order valence-corrected chi connectivity index (χ1v) is 5.33. The van der Waals surface area contributed by atoms with Crippen LogP contribution in [0.15, 0.2) is 41.1 Å². The predicted octanol–water partition coefficient (Wildman–Crippen LogP) is 3.07. The average Bonchev–Trinajstić information content (AvgIpc) is 2.69. The summed E-state index contributed by atoms with van der Waals surface area (Å²) in [4.78, 5) is 0. The Labute approximate surface area is 86.8 Å². The van der Waals surface area contributed by atoms with Crippen LogP contribution in [0.4, 0.5) is 5.69 Å². The van der Waals surface area contributed by atoms with Gasteiger partial charge in [0.05, 0.1) is 0 Å². The maximum absolute atomic E-state index is 9.50. The van der Waals surface area contributed by atoms with Crippen molar-refractivity contribution in [2.45, 2.75) is 6.54 Å². The highest BCUT2D eigenvalue weighted by atomic mass is 32.1. The van der Waals surface area contributed by atoms with Crippen molar-refractivity contribution < 1.29 is 5.11 Å². The van der Waals surface area contributed by atoms with Crippen LogP contribution in [-0.2, 0) is 6.54 Å². The van der Waals surface area contributed by atoms with E-state index in [0.717, 1.165) is 11.3 Å². The topological polar surface area (TPSA) is 32.3 Å². The van der Waals surface area contributed by atoms with Crippen LogP contribution in [0.5, 0.6) is 5.75 Å². The molecular formula is C11H11NOS. The fourth-order valence-electron chi connectivity index (χ4n) is 1.22. The molecule has 0 aliphatic rings. The molecule has 3 heteroatoms. The number of nitrogens with one attached hydrogen (secondary N) is 1. The minimum absolute atomic E-state index is 0.343. The second-order valence-electron chi connectivity index (χ2n) is 2.99. The van der Waals surface area contributed by atoms with E-state index in [1.54, 1.807) is 17.4 Å². The van der Waals surface area contributed by atoms with Crippen molar-refractivity contribution in [3.8, 4) is 5.75 Å². The molecule has 72 valence electrons. The van der Waals surface area contributed by atoms with E-state index in [1.807, 2.05) is 35.0 Å². The first kappa shape index (κ1) is 9.09. The van der Waals surface area contributed by atoms with Gasteiger partial charge in [0.1, 0.15) is 5.75 Å². The van der Waals surface area contributed by atoms with Gasteiger partial charge in [-0.3, -0.25) is 0 Å². The molecular weight excluding hydrogens is 194 g/mol. The minimum Gasteiger partial charge on any atom is -0.508 e. The van der Waals surface area contributed by atoms with Gasteiger partial charge in [-0.15, -0.1) is 0 Å². The van der Waals surface area contributed by atoms with Crippen molar-refractivity contribution in [3.63, 3.8) is 0 Å². The molecule has 0 saturated heterocycles. The Kier molecular flexibility index (Phi) is 2.70. The number of anilines is 1. The molecule has 0 radical (unpaired) electrons. The third-order valence-corrected chi connectivity index (χ3v) is 2.68. The summed E-state index contributed by atoms with van der Waals surface area (Å²) >= 11 is 1.65. The van der Waals surface area contributed by atoms with E-state index < -0.39 is 0 Å². The Morgan fingerprint density at radius 2 is 2.07 bits per heavy atom. The summed E-state index contributed by atoms with van der Waals surface area (Å²) in [5, 5.41) is 16.8. The Balaban J connectivity index is 2.02. The quantitative estimate of drug-likeness (QED) is 0.807. The number of phenols is 1. The van der Waals surface area contributed by atoms with Gasteiger partial charge in [0.2, 0.25) is 0 Å². The van der Waals surface area contributed by atoms with Crippen LogP contribution in [0.25, 0.3) is 0 Å². The second-order valence-corrected chi connectivity index (χ2v) is 3.77. The maximum atomic E-state index is 9.50. The molecule has 1 aromatic heterocycles.